The Morgan fingerprint density at radius 2 is 1.93 bits per heavy atom. The van der Waals surface area contributed by atoms with Crippen LogP contribution in [-0.2, 0) is 11.3 Å². The Labute approximate surface area is 158 Å². The summed E-state index contributed by atoms with van der Waals surface area (Å²) in [6.45, 7) is 4.55. The summed E-state index contributed by atoms with van der Waals surface area (Å²) in [5, 5.41) is 3.02. The standard InChI is InChI=1S/C22H22N4O/c1-14-11-18(14)22(27)25-12-16-6-8-17(9-7-16)21-19(13-24-15(2)26-21)20-5-3-4-10-23-20/h3-10,13-14,18H,11-12H2,1-2H3,(H,25,27). The molecule has 2 aromatic heterocycles. The van der Waals surface area contributed by atoms with Gasteiger partial charge in [-0.25, -0.2) is 9.97 Å². The van der Waals surface area contributed by atoms with Gasteiger partial charge in [0.25, 0.3) is 0 Å². The van der Waals surface area contributed by atoms with Crippen molar-refractivity contribution in [1.82, 2.24) is 20.3 Å². The monoisotopic (exact) mass is 358 g/mol. The van der Waals surface area contributed by atoms with Crippen LogP contribution in [0, 0.1) is 18.8 Å². The van der Waals surface area contributed by atoms with Crippen LogP contribution in [0.15, 0.2) is 54.9 Å². The lowest BCUT2D eigenvalue weighted by atomic mass is 10.0. The molecule has 0 bridgehead atoms. The quantitative estimate of drug-likeness (QED) is 0.753. The Morgan fingerprint density at radius 3 is 2.59 bits per heavy atom. The first-order valence-corrected chi connectivity index (χ1v) is 9.24. The number of carbonyl (C=O) groups is 1. The van der Waals surface area contributed by atoms with Crippen LogP contribution in [0.2, 0.25) is 0 Å². The van der Waals surface area contributed by atoms with E-state index in [0.29, 0.717) is 12.5 Å². The third-order valence-electron chi connectivity index (χ3n) is 4.99. The Kier molecular flexibility index (Phi) is 4.67. The van der Waals surface area contributed by atoms with Gasteiger partial charge in [-0.1, -0.05) is 37.3 Å². The fourth-order valence-corrected chi connectivity index (χ4v) is 3.19. The van der Waals surface area contributed by atoms with E-state index in [2.05, 4.69) is 27.2 Å². The number of rotatable bonds is 5. The molecule has 3 aromatic rings. The van der Waals surface area contributed by atoms with Crippen molar-refractivity contribution in [3.05, 3.63) is 66.2 Å². The molecule has 0 saturated heterocycles. The van der Waals surface area contributed by atoms with Crippen molar-refractivity contribution in [2.24, 2.45) is 11.8 Å². The molecule has 1 fully saturated rings. The lowest BCUT2D eigenvalue weighted by molar-refractivity contribution is -0.122. The molecule has 0 radical (unpaired) electrons. The van der Waals surface area contributed by atoms with Crippen molar-refractivity contribution in [3.63, 3.8) is 0 Å². The summed E-state index contributed by atoms with van der Waals surface area (Å²) in [6, 6.07) is 13.9. The second kappa shape index (κ2) is 7.27. The van der Waals surface area contributed by atoms with E-state index < -0.39 is 0 Å². The molecule has 136 valence electrons. The van der Waals surface area contributed by atoms with Gasteiger partial charge in [-0.15, -0.1) is 0 Å². The van der Waals surface area contributed by atoms with E-state index in [9.17, 15) is 4.79 Å². The van der Waals surface area contributed by atoms with E-state index in [-0.39, 0.29) is 11.8 Å². The minimum absolute atomic E-state index is 0.162. The van der Waals surface area contributed by atoms with Crippen LogP contribution in [0.4, 0.5) is 0 Å². The molecule has 2 heterocycles. The molecular formula is C22H22N4O. The molecule has 1 aliphatic carbocycles. The number of nitrogens with one attached hydrogen (secondary N) is 1. The number of amides is 1. The fourth-order valence-electron chi connectivity index (χ4n) is 3.19. The van der Waals surface area contributed by atoms with Gasteiger partial charge in [-0.05, 0) is 37.0 Å². The first-order valence-electron chi connectivity index (χ1n) is 9.24. The van der Waals surface area contributed by atoms with Gasteiger partial charge < -0.3 is 5.32 Å². The molecular weight excluding hydrogens is 336 g/mol. The van der Waals surface area contributed by atoms with Gasteiger partial charge in [0.15, 0.2) is 0 Å². The normalized spacial score (nSPS) is 18.1. The largest absolute Gasteiger partial charge is 0.352 e. The van der Waals surface area contributed by atoms with Crippen LogP contribution in [-0.4, -0.2) is 20.9 Å². The Morgan fingerprint density at radius 1 is 1.15 bits per heavy atom. The third kappa shape index (κ3) is 3.87. The molecule has 1 amide bonds. The molecule has 0 aliphatic heterocycles. The number of pyridine rings is 1. The topological polar surface area (TPSA) is 67.8 Å². The highest BCUT2D eigenvalue weighted by Crippen LogP contribution is 2.37. The summed E-state index contributed by atoms with van der Waals surface area (Å²) in [6.07, 6.45) is 4.60. The zero-order chi connectivity index (χ0) is 18.8. The smallest absolute Gasteiger partial charge is 0.223 e. The van der Waals surface area contributed by atoms with Crippen molar-refractivity contribution in [3.8, 4) is 22.5 Å². The average Bonchev–Trinajstić information content (AvgIpc) is 3.44. The first kappa shape index (κ1) is 17.3. The summed E-state index contributed by atoms with van der Waals surface area (Å²) in [5.74, 6) is 1.61. The average molecular weight is 358 g/mol. The highest BCUT2D eigenvalue weighted by molar-refractivity contribution is 5.81. The van der Waals surface area contributed by atoms with Gasteiger partial charge >= 0.3 is 0 Å². The van der Waals surface area contributed by atoms with Crippen molar-refractivity contribution < 1.29 is 4.79 Å². The van der Waals surface area contributed by atoms with E-state index in [1.54, 1.807) is 6.20 Å². The lowest BCUT2D eigenvalue weighted by Gasteiger charge is -2.10. The molecule has 1 N–H and O–H groups in total. The SMILES string of the molecule is Cc1ncc(-c2ccccn2)c(-c2ccc(CNC(=O)C3CC3C)cc2)n1. The minimum Gasteiger partial charge on any atom is -0.352 e. The summed E-state index contributed by atoms with van der Waals surface area (Å²) < 4.78 is 0. The maximum Gasteiger partial charge on any atom is 0.223 e. The third-order valence-corrected chi connectivity index (χ3v) is 4.99. The highest BCUT2D eigenvalue weighted by atomic mass is 16.2. The minimum atomic E-state index is 0.162. The molecule has 1 saturated carbocycles. The molecule has 2 unspecified atom stereocenters. The van der Waals surface area contributed by atoms with E-state index in [1.165, 1.54) is 0 Å². The zero-order valence-corrected chi connectivity index (χ0v) is 15.5. The molecule has 1 aliphatic rings. The Balaban J connectivity index is 1.55. The summed E-state index contributed by atoms with van der Waals surface area (Å²) >= 11 is 0. The maximum absolute atomic E-state index is 12.0. The van der Waals surface area contributed by atoms with E-state index in [4.69, 9.17) is 0 Å². The van der Waals surface area contributed by atoms with Crippen molar-refractivity contribution in [1.29, 1.82) is 0 Å². The van der Waals surface area contributed by atoms with Gasteiger partial charge in [-0.3, -0.25) is 9.78 Å². The van der Waals surface area contributed by atoms with E-state index >= 15 is 0 Å². The first-order chi connectivity index (χ1) is 13.1. The number of carbonyl (C=O) groups excluding carboxylic acids is 1. The lowest BCUT2D eigenvalue weighted by Crippen LogP contribution is -2.24. The van der Waals surface area contributed by atoms with Crippen LogP contribution in [0.5, 0.6) is 0 Å². The fraction of sp³-hybridized carbons (Fsp3) is 0.273. The number of nitrogens with zero attached hydrogens (tertiary/aromatic N) is 3. The predicted octanol–water partition coefficient (Wildman–Crippen LogP) is 3.79. The second-order valence-electron chi connectivity index (χ2n) is 7.13. The van der Waals surface area contributed by atoms with E-state index in [0.717, 1.165) is 40.3 Å². The van der Waals surface area contributed by atoms with Crippen molar-refractivity contribution >= 4 is 5.91 Å². The molecule has 5 nitrogen and oxygen atoms in total. The number of hydrogen-bond donors (Lipinski definition) is 1. The molecule has 1 aromatic carbocycles. The highest BCUT2D eigenvalue weighted by Gasteiger charge is 2.38. The summed E-state index contributed by atoms with van der Waals surface area (Å²) in [7, 11) is 0. The maximum atomic E-state index is 12.0. The molecule has 27 heavy (non-hydrogen) atoms. The summed E-state index contributed by atoms with van der Waals surface area (Å²) in [4.78, 5) is 25.4. The van der Waals surface area contributed by atoms with Crippen LogP contribution < -0.4 is 5.32 Å². The second-order valence-corrected chi connectivity index (χ2v) is 7.13. The molecule has 4 rings (SSSR count). The van der Waals surface area contributed by atoms with Crippen molar-refractivity contribution in [2.75, 3.05) is 0 Å². The molecule has 0 spiro atoms. The van der Waals surface area contributed by atoms with Gasteiger partial charge in [0.2, 0.25) is 5.91 Å². The Bertz CT molecular complexity index is 954. The van der Waals surface area contributed by atoms with Gasteiger partial charge in [0.1, 0.15) is 5.82 Å². The summed E-state index contributed by atoms with van der Waals surface area (Å²) in [5.41, 5.74) is 4.70. The zero-order valence-electron chi connectivity index (χ0n) is 15.5. The van der Waals surface area contributed by atoms with Crippen LogP contribution >= 0.6 is 0 Å². The predicted molar refractivity (Wildman–Crippen MR) is 105 cm³/mol. The van der Waals surface area contributed by atoms with Crippen molar-refractivity contribution in [2.45, 2.75) is 26.8 Å². The van der Waals surface area contributed by atoms with Crippen LogP contribution in [0.3, 0.4) is 0 Å². The number of benzene rings is 1. The molecule has 2 atom stereocenters. The molecule has 5 heteroatoms. The van der Waals surface area contributed by atoms with Gasteiger partial charge in [0.05, 0.1) is 11.4 Å². The number of hydrogen-bond acceptors (Lipinski definition) is 4. The van der Waals surface area contributed by atoms with E-state index in [1.807, 2.05) is 55.6 Å². The van der Waals surface area contributed by atoms with Crippen LogP contribution in [0.1, 0.15) is 24.7 Å². The number of aromatic nitrogens is 3. The van der Waals surface area contributed by atoms with Gasteiger partial charge in [0, 0.05) is 36.0 Å². The van der Waals surface area contributed by atoms with Gasteiger partial charge in [-0.2, -0.15) is 0 Å². The number of aryl methyl sites for hydroxylation is 1. The Hall–Kier alpha value is -3.08. The van der Waals surface area contributed by atoms with Crippen LogP contribution in [0.25, 0.3) is 22.5 Å².